The molecular formula is C10H14BrFN2. The van der Waals surface area contributed by atoms with Gasteiger partial charge in [-0.25, -0.2) is 4.39 Å². The molecule has 0 aliphatic heterocycles. The fourth-order valence-corrected chi connectivity index (χ4v) is 1.62. The minimum Gasteiger partial charge on any atom is -0.326 e. The highest BCUT2D eigenvalue weighted by molar-refractivity contribution is 9.10. The fourth-order valence-electron chi connectivity index (χ4n) is 1.22. The first-order valence-corrected chi connectivity index (χ1v) is 5.31. The van der Waals surface area contributed by atoms with E-state index in [1.807, 2.05) is 6.92 Å². The molecule has 1 rings (SSSR count). The number of nitrogens with two attached hydrogens (primary N) is 2. The van der Waals surface area contributed by atoms with Crippen molar-refractivity contribution in [3.63, 3.8) is 0 Å². The molecule has 0 aliphatic rings. The summed E-state index contributed by atoms with van der Waals surface area (Å²) < 4.78 is 13.4. The van der Waals surface area contributed by atoms with Crippen molar-refractivity contribution in [1.82, 2.24) is 0 Å². The minimum atomic E-state index is -0.286. The third kappa shape index (κ3) is 2.53. The van der Waals surface area contributed by atoms with Gasteiger partial charge in [0, 0.05) is 12.1 Å². The fraction of sp³-hybridized carbons (Fsp3) is 0.400. The molecule has 1 aromatic rings. The second kappa shape index (κ2) is 4.87. The Morgan fingerprint density at radius 2 is 2.07 bits per heavy atom. The Bertz CT molecular complexity index is 317. The van der Waals surface area contributed by atoms with Crippen molar-refractivity contribution in [2.24, 2.45) is 11.5 Å². The van der Waals surface area contributed by atoms with Crippen molar-refractivity contribution < 1.29 is 4.39 Å². The van der Waals surface area contributed by atoms with Crippen LogP contribution >= 0.6 is 15.9 Å². The summed E-state index contributed by atoms with van der Waals surface area (Å²) in [5, 5.41) is 0. The van der Waals surface area contributed by atoms with Gasteiger partial charge in [0.05, 0.1) is 4.47 Å². The molecule has 0 aromatic heterocycles. The van der Waals surface area contributed by atoms with Gasteiger partial charge in [-0.1, -0.05) is 13.0 Å². The van der Waals surface area contributed by atoms with E-state index in [0.29, 0.717) is 4.47 Å². The van der Waals surface area contributed by atoms with E-state index in [0.717, 1.165) is 12.0 Å². The number of halogens is 2. The molecule has 4 N–H and O–H groups in total. The van der Waals surface area contributed by atoms with E-state index in [2.05, 4.69) is 15.9 Å². The van der Waals surface area contributed by atoms with Crippen LogP contribution in [0.5, 0.6) is 0 Å². The zero-order chi connectivity index (χ0) is 10.7. The van der Waals surface area contributed by atoms with Crippen LogP contribution < -0.4 is 11.5 Å². The normalized spacial score (nSPS) is 15.2. The first-order valence-electron chi connectivity index (χ1n) is 4.52. The maximum absolute atomic E-state index is 12.9. The average Bonchev–Trinajstić information content (AvgIpc) is 2.20. The van der Waals surface area contributed by atoms with E-state index in [1.54, 1.807) is 12.1 Å². The molecule has 0 aliphatic carbocycles. The molecule has 1 aromatic carbocycles. The van der Waals surface area contributed by atoms with E-state index >= 15 is 0 Å². The van der Waals surface area contributed by atoms with Crippen LogP contribution in [-0.2, 0) is 0 Å². The van der Waals surface area contributed by atoms with Crippen LogP contribution in [0.25, 0.3) is 0 Å². The van der Waals surface area contributed by atoms with Gasteiger partial charge in [-0.3, -0.25) is 0 Å². The van der Waals surface area contributed by atoms with Crippen LogP contribution in [0.15, 0.2) is 22.7 Å². The predicted molar refractivity (Wildman–Crippen MR) is 59.3 cm³/mol. The molecule has 0 bridgehead atoms. The Kier molecular flexibility index (Phi) is 4.04. The van der Waals surface area contributed by atoms with Gasteiger partial charge in [-0.05, 0) is 40.0 Å². The summed E-state index contributed by atoms with van der Waals surface area (Å²) in [6, 6.07) is 4.40. The number of hydrogen-bond donors (Lipinski definition) is 2. The summed E-state index contributed by atoms with van der Waals surface area (Å²) >= 11 is 3.11. The van der Waals surface area contributed by atoms with Crippen molar-refractivity contribution >= 4 is 15.9 Å². The second-order valence-electron chi connectivity index (χ2n) is 3.27. The van der Waals surface area contributed by atoms with Crippen LogP contribution in [-0.4, -0.2) is 6.04 Å². The van der Waals surface area contributed by atoms with E-state index in [4.69, 9.17) is 11.5 Å². The van der Waals surface area contributed by atoms with Crippen LogP contribution in [0, 0.1) is 5.82 Å². The summed E-state index contributed by atoms with van der Waals surface area (Å²) in [5.41, 5.74) is 12.6. The molecule has 2 atom stereocenters. The Labute approximate surface area is 91.6 Å². The predicted octanol–water partition coefficient (Wildman–Crippen LogP) is 2.33. The molecule has 2 nitrogen and oxygen atoms in total. The third-order valence-electron chi connectivity index (χ3n) is 2.26. The molecule has 0 fully saturated rings. The maximum atomic E-state index is 12.9. The molecule has 0 unspecified atom stereocenters. The Hall–Kier alpha value is -0.450. The van der Waals surface area contributed by atoms with Crippen LogP contribution in [0.1, 0.15) is 24.9 Å². The van der Waals surface area contributed by atoms with E-state index < -0.39 is 0 Å². The van der Waals surface area contributed by atoms with Crippen molar-refractivity contribution in [1.29, 1.82) is 0 Å². The number of hydrogen-bond acceptors (Lipinski definition) is 2. The highest BCUT2D eigenvalue weighted by atomic mass is 79.9. The molecule has 0 radical (unpaired) electrons. The summed E-state index contributed by atoms with van der Waals surface area (Å²) in [6.07, 6.45) is 0.802. The van der Waals surface area contributed by atoms with Crippen molar-refractivity contribution in [2.75, 3.05) is 0 Å². The van der Waals surface area contributed by atoms with Crippen LogP contribution in [0.4, 0.5) is 4.39 Å². The zero-order valence-electron chi connectivity index (χ0n) is 8.00. The smallest absolute Gasteiger partial charge is 0.137 e. The number of rotatable bonds is 3. The van der Waals surface area contributed by atoms with Gasteiger partial charge in [0.1, 0.15) is 5.82 Å². The largest absolute Gasteiger partial charge is 0.326 e. The van der Waals surface area contributed by atoms with Crippen LogP contribution in [0.3, 0.4) is 0 Å². The van der Waals surface area contributed by atoms with Crippen molar-refractivity contribution in [3.05, 3.63) is 34.1 Å². The second-order valence-corrected chi connectivity index (χ2v) is 4.13. The van der Waals surface area contributed by atoms with E-state index in [1.165, 1.54) is 6.07 Å². The topological polar surface area (TPSA) is 52.0 Å². The molecule has 0 saturated carbocycles. The number of benzene rings is 1. The molecule has 14 heavy (non-hydrogen) atoms. The Morgan fingerprint density at radius 1 is 1.43 bits per heavy atom. The monoisotopic (exact) mass is 260 g/mol. The van der Waals surface area contributed by atoms with Crippen LogP contribution in [0.2, 0.25) is 0 Å². The summed E-state index contributed by atoms with van der Waals surface area (Å²) in [5.74, 6) is -0.286. The van der Waals surface area contributed by atoms with Gasteiger partial charge in [-0.15, -0.1) is 0 Å². The lowest BCUT2D eigenvalue weighted by Crippen LogP contribution is -2.33. The Balaban J connectivity index is 2.91. The summed E-state index contributed by atoms with van der Waals surface area (Å²) in [6.45, 7) is 1.98. The van der Waals surface area contributed by atoms with Gasteiger partial charge < -0.3 is 11.5 Å². The third-order valence-corrected chi connectivity index (χ3v) is 2.87. The van der Waals surface area contributed by atoms with E-state index in [9.17, 15) is 4.39 Å². The van der Waals surface area contributed by atoms with Gasteiger partial charge in [0.25, 0.3) is 0 Å². The van der Waals surface area contributed by atoms with Gasteiger partial charge in [0.2, 0.25) is 0 Å². The minimum absolute atomic E-state index is 0.0904. The van der Waals surface area contributed by atoms with Crippen molar-refractivity contribution in [3.8, 4) is 0 Å². The standard InChI is InChI=1S/C10H14BrFN2/c1-2-9(13)10(14)6-3-4-8(12)7(11)5-6/h3-5,9-10H,2,13-14H2,1H3/t9-,10-/m0/s1. The van der Waals surface area contributed by atoms with Gasteiger partial charge >= 0.3 is 0 Å². The van der Waals surface area contributed by atoms with Gasteiger partial charge in [0.15, 0.2) is 0 Å². The first kappa shape index (κ1) is 11.6. The quantitative estimate of drug-likeness (QED) is 0.877. The zero-order valence-corrected chi connectivity index (χ0v) is 9.59. The first-order chi connectivity index (χ1) is 6.56. The lowest BCUT2D eigenvalue weighted by atomic mass is 9.99. The van der Waals surface area contributed by atoms with Crippen molar-refractivity contribution in [2.45, 2.75) is 25.4 Å². The molecule has 0 saturated heterocycles. The summed E-state index contributed by atoms with van der Waals surface area (Å²) in [7, 11) is 0. The highest BCUT2D eigenvalue weighted by Gasteiger charge is 2.14. The highest BCUT2D eigenvalue weighted by Crippen LogP contribution is 2.22. The van der Waals surface area contributed by atoms with Gasteiger partial charge in [-0.2, -0.15) is 0 Å². The molecule has 4 heteroatoms. The maximum Gasteiger partial charge on any atom is 0.137 e. The molecule has 0 heterocycles. The SMILES string of the molecule is CC[C@H](N)[C@@H](N)c1ccc(F)c(Br)c1. The lowest BCUT2D eigenvalue weighted by Gasteiger charge is -2.18. The molecular weight excluding hydrogens is 247 g/mol. The molecule has 0 amide bonds. The Morgan fingerprint density at radius 3 is 2.57 bits per heavy atom. The molecule has 78 valence electrons. The summed E-state index contributed by atoms with van der Waals surface area (Å²) in [4.78, 5) is 0. The van der Waals surface area contributed by atoms with E-state index in [-0.39, 0.29) is 17.9 Å². The average molecular weight is 261 g/mol. The molecule has 0 spiro atoms. The lowest BCUT2D eigenvalue weighted by molar-refractivity contribution is 0.530.